The van der Waals surface area contributed by atoms with Gasteiger partial charge in [-0.3, -0.25) is 0 Å². The van der Waals surface area contributed by atoms with E-state index in [1.54, 1.807) is 0 Å². The van der Waals surface area contributed by atoms with Crippen LogP contribution in [0, 0.1) is 0 Å². The van der Waals surface area contributed by atoms with Crippen molar-refractivity contribution < 1.29 is 41.9 Å². The zero-order valence-electron chi connectivity index (χ0n) is 3.04. The van der Waals surface area contributed by atoms with Gasteiger partial charge in [-0.15, -0.1) is 0 Å². The molecule has 0 aliphatic carbocycles. The summed E-state index contributed by atoms with van der Waals surface area (Å²) in [4.78, 5) is 0. The maximum absolute atomic E-state index is 8.35. The van der Waals surface area contributed by atoms with Crippen LogP contribution in [0.15, 0.2) is 0 Å². The van der Waals surface area contributed by atoms with E-state index in [1.807, 2.05) is 0 Å². The smallest absolute Gasteiger partial charge is 0.870 e. The molecule has 0 aliphatic rings. The van der Waals surface area contributed by atoms with Crippen molar-refractivity contribution in [3.8, 4) is 0 Å². The van der Waals surface area contributed by atoms with E-state index in [9.17, 15) is 0 Å². The van der Waals surface area contributed by atoms with Gasteiger partial charge in [-0.1, -0.05) is 11.6 Å². The van der Waals surface area contributed by atoms with Gasteiger partial charge < -0.3 is 24.8 Å². The van der Waals surface area contributed by atoms with E-state index in [2.05, 4.69) is 0 Å². The zero-order chi connectivity index (χ0) is 2.71. The van der Waals surface area contributed by atoms with Crippen molar-refractivity contribution in [2.75, 3.05) is 0 Å². The molecule has 0 bridgehead atoms. The van der Waals surface area contributed by atoms with E-state index in [0.29, 0.717) is 0 Å². The Bertz CT molecular complexity index is 29.1. The van der Waals surface area contributed by atoms with E-state index >= 15 is 0 Å². The van der Waals surface area contributed by atoms with E-state index in [1.165, 1.54) is 0 Å². The van der Waals surface area contributed by atoms with Gasteiger partial charge in [0.15, 0.2) is 0 Å². The molecule has 0 aromatic heterocycles. The number of thiol groups is 1. The van der Waals surface area contributed by atoms with Crippen LogP contribution >= 0.6 is 0 Å². The van der Waals surface area contributed by atoms with Crippen molar-refractivity contribution in [1.29, 1.82) is 0 Å². The summed E-state index contributed by atoms with van der Waals surface area (Å²) in [5.74, 6) is 0. The van der Waals surface area contributed by atoms with E-state index in [-0.39, 0.29) is 33.5 Å². The molecule has 0 rings (SSSR count). The van der Waals surface area contributed by atoms with Crippen LogP contribution < -0.4 is 0 Å². The van der Waals surface area contributed by atoms with Crippen LogP contribution in [-0.2, 0) is 37.1 Å². The Morgan fingerprint density at radius 2 is 1.00 bits per heavy atom. The van der Waals surface area contributed by atoms with Gasteiger partial charge in [0.1, 0.15) is 0 Å². The molecule has 0 amide bonds. The maximum Gasteiger partial charge on any atom is 3.00 e. The van der Waals surface area contributed by atoms with Gasteiger partial charge >= 0.3 is 17.1 Å². The zero-order valence-corrected chi connectivity index (χ0v) is 5.11. The SMILES string of the molecule is O.O=[SH-]=O.[Mn+3].[OH-].[OH-]. The fourth-order valence-electron chi connectivity index (χ4n) is 0. The standard InChI is InChI=1S/Mn.HO2S.3H2O/c;1-3-2;;;/h;3H;3*1H2/q+3;-1;;;/p-2. The van der Waals surface area contributed by atoms with Gasteiger partial charge in [-0.25, -0.2) is 0 Å². The first-order valence-electron chi connectivity index (χ1n) is 0.365. The minimum absolute atomic E-state index is 0. The third kappa shape index (κ3) is 983. The monoisotopic (exact) mass is 172 g/mol. The summed E-state index contributed by atoms with van der Waals surface area (Å²) >= 11 is -1.08. The van der Waals surface area contributed by atoms with Gasteiger partial charge in [0.2, 0.25) is 0 Å². The third-order valence-corrected chi connectivity index (χ3v) is 0. The molecule has 0 saturated heterocycles. The molecule has 5 nitrogen and oxygen atoms in total. The molecule has 0 aromatic carbocycles. The Kier molecular flexibility index (Phi) is 765. The molecule has 0 aromatic rings. The van der Waals surface area contributed by atoms with Crippen molar-refractivity contribution in [1.82, 2.24) is 0 Å². The quantitative estimate of drug-likeness (QED) is 0.245. The van der Waals surface area contributed by atoms with Gasteiger partial charge in [0, 0.05) is 0 Å². The van der Waals surface area contributed by atoms with Crippen LogP contribution in [0.1, 0.15) is 0 Å². The number of hydrogen-bond donors (Lipinski definition) is 0. The van der Waals surface area contributed by atoms with Crippen LogP contribution in [0.4, 0.5) is 0 Å². The van der Waals surface area contributed by atoms with Gasteiger partial charge in [0.05, 0.1) is 0 Å². The second kappa shape index (κ2) is 99.8. The van der Waals surface area contributed by atoms with Crippen LogP contribution in [0.5, 0.6) is 0 Å². The Morgan fingerprint density at radius 3 is 1.00 bits per heavy atom. The normalized spacial score (nSPS) is 2.29. The molecule has 48 valence electrons. The molecule has 0 spiro atoms. The summed E-state index contributed by atoms with van der Waals surface area (Å²) in [5.41, 5.74) is 0. The van der Waals surface area contributed by atoms with Crippen molar-refractivity contribution in [3.63, 3.8) is 0 Å². The summed E-state index contributed by atoms with van der Waals surface area (Å²) in [6.07, 6.45) is 0. The first-order valence-corrected chi connectivity index (χ1v) is 1.10. The Labute approximate surface area is 54.1 Å². The van der Waals surface area contributed by atoms with E-state index < -0.39 is 11.6 Å². The second-order valence-electron chi connectivity index (χ2n) is 0.0745. The van der Waals surface area contributed by atoms with Crippen molar-refractivity contribution in [2.24, 2.45) is 0 Å². The molecule has 0 radical (unpaired) electrons. The van der Waals surface area contributed by atoms with Crippen molar-refractivity contribution in [3.05, 3.63) is 0 Å². The molecule has 7 heteroatoms. The predicted octanol–water partition coefficient (Wildman–Crippen LogP) is -1.69. The summed E-state index contributed by atoms with van der Waals surface area (Å²) in [7, 11) is 0. The van der Waals surface area contributed by atoms with Gasteiger partial charge in [-0.05, 0) is 0 Å². The first kappa shape index (κ1) is 53.7. The van der Waals surface area contributed by atoms with E-state index in [4.69, 9.17) is 8.42 Å². The molecule has 0 atom stereocenters. The Hall–Kier alpha value is 0.349. The molecule has 0 unspecified atom stereocenters. The molecule has 0 saturated carbocycles. The van der Waals surface area contributed by atoms with Crippen LogP contribution in [0.3, 0.4) is 0 Å². The maximum atomic E-state index is 8.35. The molecule has 4 N–H and O–H groups in total. The molecule has 0 heterocycles. The molecular weight excluding hydrogens is 167 g/mol. The molecule has 0 fully saturated rings. The summed E-state index contributed by atoms with van der Waals surface area (Å²) in [5, 5.41) is 0. The van der Waals surface area contributed by atoms with Crippen molar-refractivity contribution in [2.45, 2.75) is 0 Å². The van der Waals surface area contributed by atoms with Crippen LogP contribution in [-0.4, -0.2) is 16.4 Å². The number of rotatable bonds is 0. The average Bonchev–Trinajstić information content (AvgIpc) is 0.918. The van der Waals surface area contributed by atoms with Crippen molar-refractivity contribution >= 4 is 11.6 Å². The second-order valence-corrected chi connectivity index (χ2v) is 0.224. The minimum atomic E-state index is -1.08. The number of hydrogen-bond acceptors (Lipinski definition) is 5. The van der Waals surface area contributed by atoms with Crippen LogP contribution in [0.2, 0.25) is 0 Å². The molecule has 0 aliphatic heterocycles. The van der Waals surface area contributed by atoms with Crippen LogP contribution in [0.25, 0.3) is 0 Å². The Balaban J connectivity index is -0.00000000333. The van der Waals surface area contributed by atoms with Gasteiger partial charge in [0.25, 0.3) is 0 Å². The summed E-state index contributed by atoms with van der Waals surface area (Å²) in [6.45, 7) is 0. The minimum Gasteiger partial charge on any atom is -0.870 e. The first-order chi connectivity index (χ1) is 1.41. The summed E-state index contributed by atoms with van der Waals surface area (Å²) in [6, 6.07) is 0. The fraction of sp³-hybridized carbons (Fsp3) is 0. The predicted molar refractivity (Wildman–Crippen MR) is 17.6 cm³/mol. The molecular formula is H5MnO5S. The Morgan fingerprint density at radius 1 is 1.00 bits per heavy atom. The molecule has 7 heavy (non-hydrogen) atoms. The van der Waals surface area contributed by atoms with Gasteiger partial charge in [-0.2, -0.15) is 0 Å². The van der Waals surface area contributed by atoms with E-state index in [0.717, 1.165) is 0 Å². The third-order valence-electron chi connectivity index (χ3n) is 0. The fourth-order valence-corrected chi connectivity index (χ4v) is 0. The summed E-state index contributed by atoms with van der Waals surface area (Å²) < 4.78 is 16.7. The largest absolute Gasteiger partial charge is 3.00 e. The topological polar surface area (TPSA) is 126 Å². The average molecular weight is 172 g/mol.